The average molecular weight is 142 g/mol. The van der Waals surface area contributed by atoms with E-state index in [1.807, 2.05) is 12.2 Å². The standard InChI is InChI=1S/C7H14N2O/c1-6(2)4-3-5-9-7(8)10/h3-4,6H,5H2,1-2H3,(H3,8,9,10)/b4-3-. The molecule has 3 N–H and O–H groups in total. The maximum absolute atomic E-state index is 10.1. The van der Waals surface area contributed by atoms with Crippen molar-refractivity contribution in [2.24, 2.45) is 11.7 Å². The summed E-state index contributed by atoms with van der Waals surface area (Å²) >= 11 is 0. The van der Waals surface area contributed by atoms with Crippen LogP contribution in [0.5, 0.6) is 0 Å². The normalized spacial score (nSPS) is 10.7. The number of amides is 2. The molecule has 0 atom stereocenters. The third-order valence-corrected chi connectivity index (χ3v) is 0.915. The van der Waals surface area contributed by atoms with E-state index < -0.39 is 6.03 Å². The van der Waals surface area contributed by atoms with Crippen molar-refractivity contribution in [3.8, 4) is 0 Å². The van der Waals surface area contributed by atoms with Gasteiger partial charge >= 0.3 is 6.03 Å². The van der Waals surface area contributed by atoms with Gasteiger partial charge in [0.25, 0.3) is 0 Å². The van der Waals surface area contributed by atoms with Gasteiger partial charge in [0.1, 0.15) is 0 Å². The first kappa shape index (κ1) is 9.01. The molecule has 10 heavy (non-hydrogen) atoms. The van der Waals surface area contributed by atoms with Crippen molar-refractivity contribution in [1.29, 1.82) is 0 Å². The second-order valence-electron chi connectivity index (χ2n) is 2.42. The summed E-state index contributed by atoms with van der Waals surface area (Å²) in [6.07, 6.45) is 3.89. The van der Waals surface area contributed by atoms with E-state index in [-0.39, 0.29) is 0 Å². The number of urea groups is 1. The van der Waals surface area contributed by atoms with E-state index in [9.17, 15) is 4.79 Å². The van der Waals surface area contributed by atoms with Gasteiger partial charge in [0.05, 0.1) is 0 Å². The zero-order valence-electron chi connectivity index (χ0n) is 6.42. The van der Waals surface area contributed by atoms with Crippen LogP contribution in [-0.4, -0.2) is 12.6 Å². The number of carbonyl (C=O) groups excluding carboxylic acids is 1. The molecule has 0 aliphatic rings. The van der Waals surface area contributed by atoms with Crippen LogP contribution in [0.15, 0.2) is 12.2 Å². The van der Waals surface area contributed by atoms with Crippen molar-refractivity contribution in [2.45, 2.75) is 13.8 Å². The molecule has 0 aromatic heterocycles. The van der Waals surface area contributed by atoms with Gasteiger partial charge in [-0.2, -0.15) is 0 Å². The summed E-state index contributed by atoms with van der Waals surface area (Å²) in [6.45, 7) is 4.66. The van der Waals surface area contributed by atoms with Gasteiger partial charge in [-0.1, -0.05) is 26.0 Å². The van der Waals surface area contributed by atoms with Gasteiger partial charge in [0.2, 0.25) is 0 Å². The Labute approximate surface area is 61.3 Å². The summed E-state index contributed by atoms with van der Waals surface area (Å²) in [6, 6.07) is -0.478. The highest BCUT2D eigenvalue weighted by molar-refractivity contribution is 5.71. The molecular formula is C7H14N2O. The molecular weight excluding hydrogens is 128 g/mol. The zero-order valence-corrected chi connectivity index (χ0v) is 6.42. The largest absolute Gasteiger partial charge is 0.352 e. The fraction of sp³-hybridized carbons (Fsp3) is 0.571. The summed E-state index contributed by atoms with van der Waals surface area (Å²) in [7, 11) is 0. The Kier molecular flexibility index (Phi) is 4.37. The SMILES string of the molecule is CC(C)/C=C\CNC(N)=O. The first-order valence-corrected chi connectivity index (χ1v) is 3.33. The summed E-state index contributed by atoms with van der Waals surface area (Å²) in [4.78, 5) is 10.1. The van der Waals surface area contributed by atoms with Gasteiger partial charge in [0, 0.05) is 6.54 Å². The lowest BCUT2D eigenvalue weighted by Crippen LogP contribution is -2.29. The Morgan fingerprint density at radius 3 is 2.70 bits per heavy atom. The number of allylic oxidation sites excluding steroid dienone is 1. The molecule has 58 valence electrons. The maximum Gasteiger partial charge on any atom is 0.312 e. The molecule has 3 heteroatoms. The molecule has 0 aromatic rings. The Balaban J connectivity index is 3.27. The topological polar surface area (TPSA) is 55.1 Å². The summed E-state index contributed by atoms with van der Waals surface area (Å²) < 4.78 is 0. The molecule has 0 spiro atoms. The van der Waals surface area contributed by atoms with Crippen LogP contribution < -0.4 is 11.1 Å². The van der Waals surface area contributed by atoms with Crippen LogP contribution in [0.4, 0.5) is 4.79 Å². The number of primary amides is 1. The minimum atomic E-state index is -0.478. The molecule has 0 fully saturated rings. The Bertz CT molecular complexity index is 130. The molecule has 0 heterocycles. The predicted octanol–water partition coefficient (Wildman–Crippen LogP) is 0.867. The van der Waals surface area contributed by atoms with Crippen LogP contribution in [0, 0.1) is 5.92 Å². The van der Waals surface area contributed by atoms with E-state index >= 15 is 0 Å². The molecule has 2 amide bonds. The highest BCUT2D eigenvalue weighted by Crippen LogP contribution is 1.91. The van der Waals surface area contributed by atoms with Gasteiger partial charge < -0.3 is 11.1 Å². The molecule has 0 rings (SSSR count). The molecule has 0 aromatic carbocycles. The van der Waals surface area contributed by atoms with Crippen molar-refractivity contribution in [1.82, 2.24) is 5.32 Å². The van der Waals surface area contributed by atoms with Crippen molar-refractivity contribution in [2.75, 3.05) is 6.54 Å². The second kappa shape index (κ2) is 4.85. The predicted molar refractivity (Wildman–Crippen MR) is 41.6 cm³/mol. The quantitative estimate of drug-likeness (QED) is 0.564. The fourth-order valence-electron chi connectivity index (χ4n) is 0.500. The van der Waals surface area contributed by atoms with Gasteiger partial charge in [0.15, 0.2) is 0 Å². The number of carbonyl (C=O) groups is 1. The lowest BCUT2D eigenvalue weighted by atomic mass is 10.2. The fourth-order valence-corrected chi connectivity index (χ4v) is 0.500. The molecule has 0 aliphatic carbocycles. The number of rotatable bonds is 3. The smallest absolute Gasteiger partial charge is 0.312 e. The van der Waals surface area contributed by atoms with Crippen molar-refractivity contribution >= 4 is 6.03 Å². The van der Waals surface area contributed by atoms with Crippen molar-refractivity contribution in [3.05, 3.63) is 12.2 Å². The van der Waals surface area contributed by atoms with Gasteiger partial charge in [-0.25, -0.2) is 4.79 Å². The lowest BCUT2D eigenvalue weighted by Gasteiger charge is -1.95. The zero-order chi connectivity index (χ0) is 7.98. The van der Waals surface area contributed by atoms with Crippen LogP contribution in [0.25, 0.3) is 0 Å². The first-order valence-electron chi connectivity index (χ1n) is 3.33. The molecule has 3 nitrogen and oxygen atoms in total. The van der Waals surface area contributed by atoms with Crippen LogP contribution in [0.2, 0.25) is 0 Å². The number of nitrogens with two attached hydrogens (primary N) is 1. The number of nitrogens with one attached hydrogen (secondary N) is 1. The first-order chi connectivity index (χ1) is 4.63. The van der Waals surface area contributed by atoms with E-state index in [4.69, 9.17) is 5.73 Å². The van der Waals surface area contributed by atoms with Gasteiger partial charge in [-0.15, -0.1) is 0 Å². The van der Waals surface area contributed by atoms with E-state index in [1.165, 1.54) is 0 Å². The molecule has 0 saturated carbocycles. The Morgan fingerprint density at radius 1 is 1.70 bits per heavy atom. The van der Waals surface area contributed by atoms with Crippen LogP contribution in [0.3, 0.4) is 0 Å². The molecule has 0 bridgehead atoms. The average Bonchev–Trinajstić information content (AvgIpc) is 1.79. The summed E-state index contributed by atoms with van der Waals surface area (Å²) in [5, 5.41) is 2.45. The third-order valence-electron chi connectivity index (χ3n) is 0.915. The van der Waals surface area contributed by atoms with Crippen LogP contribution in [0.1, 0.15) is 13.8 Å². The minimum absolute atomic E-state index is 0.478. The Morgan fingerprint density at radius 2 is 2.30 bits per heavy atom. The third kappa shape index (κ3) is 7.01. The number of hydrogen-bond acceptors (Lipinski definition) is 1. The highest BCUT2D eigenvalue weighted by Gasteiger charge is 1.86. The van der Waals surface area contributed by atoms with Gasteiger partial charge in [-0.3, -0.25) is 0 Å². The monoisotopic (exact) mass is 142 g/mol. The summed E-state index contributed by atoms with van der Waals surface area (Å²) in [5.74, 6) is 0.523. The van der Waals surface area contributed by atoms with Crippen LogP contribution >= 0.6 is 0 Å². The van der Waals surface area contributed by atoms with Crippen molar-refractivity contribution in [3.63, 3.8) is 0 Å². The maximum atomic E-state index is 10.1. The minimum Gasteiger partial charge on any atom is -0.352 e. The molecule has 0 radical (unpaired) electrons. The second-order valence-corrected chi connectivity index (χ2v) is 2.42. The van der Waals surface area contributed by atoms with Crippen molar-refractivity contribution < 1.29 is 4.79 Å². The van der Waals surface area contributed by atoms with E-state index in [2.05, 4.69) is 19.2 Å². The molecule has 0 unspecified atom stereocenters. The van der Waals surface area contributed by atoms with E-state index in [0.717, 1.165) is 0 Å². The molecule has 0 aliphatic heterocycles. The number of hydrogen-bond donors (Lipinski definition) is 2. The van der Waals surface area contributed by atoms with Gasteiger partial charge in [-0.05, 0) is 5.92 Å². The molecule has 0 saturated heterocycles. The Hall–Kier alpha value is -0.990. The highest BCUT2D eigenvalue weighted by atomic mass is 16.2. The van der Waals surface area contributed by atoms with Crippen LogP contribution in [-0.2, 0) is 0 Å². The lowest BCUT2D eigenvalue weighted by molar-refractivity contribution is 0.250. The summed E-state index contributed by atoms with van der Waals surface area (Å²) in [5.41, 5.74) is 4.83. The van der Waals surface area contributed by atoms with E-state index in [0.29, 0.717) is 12.5 Å². The van der Waals surface area contributed by atoms with E-state index in [1.54, 1.807) is 0 Å².